The molecule has 0 spiro atoms. The maximum Gasteiger partial charge on any atom is 0.103 e. The molecule has 1 aromatic heterocycles. The molecule has 0 atom stereocenters. The molecule has 0 aliphatic heterocycles. The number of imidazole rings is 1. The van der Waals surface area contributed by atoms with E-state index in [1.54, 1.807) is 0 Å². The lowest BCUT2D eigenvalue weighted by atomic mass is 9.88. The van der Waals surface area contributed by atoms with Gasteiger partial charge in [-0.05, 0) is 26.0 Å². The molecule has 0 radical (unpaired) electrons. The molecule has 0 amide bonds. The molecule has 0 unspecified atom stereocenters. The first-order valence-electron chi connectivity index (χ1n) is 6.50. The third-order valence-corrected chi connectivity index (χ3v) is 5.13. The Morgan fingerprint density at radius 2 is 2.18 bits per heavy atom. The van der Waals surface area contributed by atoms with Crippen LogP contribution in [0.15, 0.2) is 6.20 Å². The second kappa shape index (κ2) is 5.91. The van der Waals surface area contributed by atoms with Crippen molar-refractivity contribution in [2.45, 2.75) is 50.3 Å². The average Bonchev–Trinajstić information content (AvgIpc) is 2.76. The summed E-state index contributed by atoms with van der Waals surface area (Å²) in [6.45, 7) is 4.02. The van der Waals surface area contributed by atoms with Crippen molar-refractivity contribution in [3.05, 3.63) is 17.7 Å². The van der Waals surface area contributed by atoms with Crippen LogP contribution in [0.1, 0.15) is 43.6 Å². The first kappa shape index (κ1) is 13.0. The Morgan fingerprint density at radius 3 is 2.76 bits per heavy atom. The minimum absolute atomic E-state index is 0.479. The van der Waals surface area contributed by atoms with Crippen LogP contribution in [0.2, 0.25) is 0 Å². The lowest BCUT2D eigenvalue weighted by Gasteiger charge is -2.36. The molecular weight excluding hydrogens is 230 g/mol. The lowest BCUT2D eigenvalue weighted by Crippen LogP contribution is -2.39. The molecule has 3 nitrogen and oxygen atoms in total. The zero-order valence-electron chi connectivity index (χ0n) is 10.9. The fourth-order valence-corrected chi connectivity index (χ4v) is 3.58. The van der Waals surface area contributed by atoms with Crippen molar-refractivity contribution in [1.82, 2.24) is 15.3 Å². The van der Waals surface area contributed by atoms with Crippen molar-refractivity contribution < 1.29 is 0 Å². The van der Waals surface area contributed by atoms with Crippen LogP contribution in [-0.4, -0.2) is 27.5 Å². The van der Waals surface area contributed by atoms with E-state index in [4.69, 9.17) is 0 Å². The SMILES string of the molecule is CSC1(CNCc2cnc(C)[nH]2)CCCCC1. The number of hydrogen-bond acceptors (Lipinski definition) is 3. The van der Waals surface area contributed by atoms with Crippen LogP contribution in [0, 0.1) is 6.92 Å². The summed E-state index contributed by atoms with van der Waals surface area (Å²) in [6, 6.07) is 0. The van der Waals surface area contributed by atoms with Crippen LogP contribution in [0.3, 0.4) is 0 Å². The summed E-state index contributed by atoms with van der Waals surface area (Å²) in [6.07, 6.45) is 11.1. The Morgan fingerprint density at radius 1 is 1.41 bits per heavy atom. The number of nitrogens with zero attached hydrogens (tertiary/aromatic N) is 1. The summed E-state index contributed by atoms with van der Waals surface area (Å²) in [4.78, 5) is 7.48. The number of aromatic amines is 1. The molecule has 1 heterocycles. The van der Waals surface area contributed by atoms with E-state index in [-0.39, 0.29) is 0 Å². The van der Waals surface area contributed by atoms with Gasteiger partial charge in [-0.15, -0.1) is 0 Å². The highest BCUT2D eigenvalue weighted by atomic mass is 32.2. The smallest absolute Gasteiger partial charge is 0.103 e. The number of aromatic nitrogens is 2. The van der Waals surface area contributed by atoms with E-state index in [2.05, 4.69) is 21.5 Å². The van der Waals surface area contributed by atoms with E-state index in [0.717, 1.165) is 18.9 Å². The second-order valence-corrected chi connectivity index (χ2v) is 6.32. The molecule has 2 rings (SSSR count). The minimum Gasteiger partial charge on any atom is -0.345 e. The van der Waals surface area contributed by atoms with Gasteiger partial charge in [0.15, 0.2) is 0 Å². The van der Waals surface area contributed by atoms with Gasteiger partial charge in [0, 0.05) is 29.7 Å². The summed E-state index contributed by atoms with van der Waals surface area (Å²) in [5.74, 6) is 0.999. The van der Waals surface area contributed by atoms with Gasteiger partial charge in [0.2, 0.25) is 0 Å². The van der Waals surface area contributed by atoms with Crippen molar-refractivity contribution in [2.75, 3.05) is 12.8 Å². The highest BCUT2D eigenvalue weighted by molar-refractivity contribution is 8.00. The average molecular weight is 253 g/mol. The first-order valence-corrected chi connectivity index (χ1v) is 7.73. The molecule has 4 heteroatoms. The Bertz CT molecular complexity index is 342. The van der Waals surface area contributed by atoms with Gasteiger partial charge < -0.3 is 10.3 Å². The molecule has 1 saturated carbocycles. The molecule has 96 valence electrons. The zero-order chi connectivity index (χ0) is 12.1. The molecule has 2 N–H and O–H groups in total. The fourth-order valence-electron chi connectivity index (χ4n) is 2.64. The maximum atomic E-state index is 4.22. The second-order valence-electron chi connectivity index (χ2n) is 5.05. The number of hydrogen-bond donors (Lipinski definition) is 2. The van der Waals surface area contributed by atoms with Gasteiger partial charge in [-0.1, -0.05) is 19.3 Å². The molecule has 0 bridgehead atoms. The number of rotatable bonds is 5. The maximum absolute atomic E-state index is 4.22. The minimum atomic E-state index is 0.479. The number of H-pyrrole nitrogens is 1. The summed E-state index contributed by atoms with van der Waals surface area (Å²) in [5.41, 5.74) is 1.19. The summed E-state index contributed by atoms with van der Waals surface area (Å²) in [7, 11) is 0. The van der Waals surface area contributed by atoms with Crippen LogP contribution < -0.4 is 5.32 Å². The van der Waals surface area contributed by atoms with Gasteiger partial charge in [-0.2, -0.15) is 11.8 Å². The van der Waals surface area contributed by atoms with Crippen molar-refractivity contribution in [1.29, 1.82) is 0 Å². The Labute approximate surface area is 108 Å². The number of nitrogens with one attached hydrogen (secondary N) is 2. The summed E-state index contributed by atoms with van der Waals surface area (Å²) in [5, 5.41) is 3.58. The molecule has 1 aliphatic carbocycles. The summed E-state index contributed by atoms with van der Waals surface area (Å²) >= 11 is 2.05. The topological polar surface area (TPSA) is 40.7 Å². The molecule has 0 aromatic carbocycles. The normalized spacial score (nSPS) is 19.4. The quantitative estimate of drug-likeness (QED) is 0.848. The highest BCUT2D eigenvalue weighted by Crippen LogP contribution is 2.37. The Kier molecular flexibility index (Phi) is 4.51. The van der Waals surface area contributed by atoms with Crippen molar-refractivity contribution in [3.63, 3.8) is 0 Å². The van der Waals surface area contributed by atoms with Crippen LogP contribution in [0.4, 0.5) is 0 Å². The van der Waals surface area contributed by atoms with Gasteiger partial charge in [-0.3, -0.25) is 0 Å². The van der Waals surface area contributed by atoms with Crippen molar-refractivity contribution >= 4 is 11.8 Å². The third-order valence-electron chi connectivity index (χ3n) is 3.72. The van der Waals surface area contributed by atoms with Gasteiger partial charge in [0.1, 0.15) is 5.82 Å². The van der Waals surface area contributed by atoms with Crippen LogP contribution >= 0.6 is 11.8 Å². The largest absolute Gasteiger partial charge is 0.345 e. The molecule has 1 aromatic rings. The van der Waals surface area contributed by atoms with Gasteiger partial charge >= 0.3 is 0 Å². The van der Waals surface area contributed by atoms with Crippen LogP contribution in [0.25, 0.3) is 0 Å². The van der Waals surface area contributed by atoms with E-state index in [1.807, 2.05) is 24.9 Å². The van der Waals surface area contributed by atoms with E-state index >= 15 is 0 Å². The van der Waals surface area contributed by atoms with Crippen LogP contribution in [-0.2, 0) is 6.54 Å². The van der Waals surface area contributed by atoms with E-state index in [0.29, 0.717) is 4.75 Å². The van der Waals surface area contributed by atoms with E-state index < -0.39 is 0 Å². The van der Waals surface area contributed by atoms with Crippen molar-refractivity contribution in [3.8, 4) is 0 Å². The molecule has 17 heavy (non-hydrogen) atoms. The van der Waals surface area contributed by atoms with Gasteiger partial charge in [-0.25, -0.2) is 4.98 Å². The highest BCUT2D eigenvalue weighted by Gasteiger charge is 2.30. The number of aryl methyl sites for hydroxylation is 1. The van der Waals surface area contributed by atoms with Gasteiger partial charge in [0.25, 0.3) is 0 Å². The zero-order valence-corrected chi connectivity index (χ0v) is 11.7. The van der Waals surface area contributed by atoms with E-state index in [9.17, 15) is 0 Å². The lowest BCUT2D eigenvalue weighted by molar-refractivity contribution is 0.379. The van der Waals surface area contributed by atoms with E-state index in [1.165, 1.54) is 37.8 Å². The molecule has 1 fully saturated rings. The Hall–Kier alpha value is -0.480. The predicted octanol–water partition coefficient (Wildman–Crippen LogP) is 2.87. The third kappa shape index (κ3) is 3.49. The van der Waals surface area contributed by atoms with Crippen LogP contribution in [0.5, 0.6) is 0 Å². The van der Waals surface area contributed by atoms with Crippen molar-refractivity contribution in [2.24, 2.45) is 0 Å². The molecule has 1 aliphatic rings. The first-order chi connectivity index (χ1) is 8.24. The molecule has 0 saturated heterocycles. The number of thioether (sulfide) groups is 1. The van der Waals surface area contributed by atoms with Gasteiger partial charge in [0.05, 0.1) is 0 Å². The Balaban J connectivity index is 1.79. The molecular formula is C13H23N3S. The summed E-state index contributed by atoms with van der Waals surface area (Å²) < 4.78 is 0.479. The fraction of sp³-hybridized carbons (Fsp3) is 0.769. The monoisotopic (exact) mass is 253 g/mol. The predicted molar refractivity (Wildman–Crippen MR) is 74.4 cm³/mol. The standard InChI is InChI=1S/C13H23N3S/c1-11-15-9-12(16-11)8-14-10-13(17-2)6-4-3-5-7-13/h9,14H,3-8,10H2,1-2H3,(H,15,16).